The van der Waals surface area contributed by atoms with E-state index in [2.05, 4.69) is 10.1 Å². The first-order valence-electron chi connectivity index (χ1n) is 3.69. The number of hydrogen-bond acceptors (Lipinski definition) is 4. The molecule has 0 unspecified atom stereocenters. The molecular weight excluding hydrogens is 247 g/mol. The predicted molar refractivity (Wildman–Crippen MR) is 45.2 cm³/mol. The Morgan fingerprint density at radius 1 is 1.50 bits per heavy atom. The summed E-state index contributed by atoms with van der Waals surface area (Å²) >= 11 is 0. The third-order valence-corrected chi connectivity index (χ3v) is 2.49. The van der Waals surface area contributed by atoms with Crippen LogP contribution in [0.15, 0.2) is 11.0 Å². The molecule has 0 aromatic carbocycles. The van der Waals surface area contributed by atoms with Gasteiger partial charge in [0.25, 0.3) is 6.43 Å². The summed E-state index contributed by atoms with van der Waals surface area (Å²) in [5.41, 5.74) is -2.07. The molecule has 0 amide bonds. The minimum Gasteiger partial charge on any atom is -0.233 e. The van der Waals surface area contributed by atoms with Crippen LogP contribution in [0.5, 0.6) is 0 Å². The van der Waals surface area contributed by atoms with E-state index in [0.717, 1.165) is 0 Å². The number of hydrogen-bond donors (Lipinski definition) is 1. The van der Waals surface area contributed by atoms with Gasteiger partial charge in [0.05, 0.1) is 0 Å². The first-order valence-corrected chi connectivity index (χ1v) is 5.23. The summed E-state index contributed by atoms with van der Waals surface area (Å²) < 4.78 is 59.5. The highest BCUT2D eigenvalue weighted by molar-refractivity contribution is 7.89. The van der Waals surface area contributed by atoms with Gasteiger partial charge >= 0.3 is 0 Å². The number of sulfonamides is 1. The van der Waals surface area contributed by atoms with E-state index >= 15 is 0 Å². The molecule has 0 fully saturated rings. The second-order valence-corrected chi connectivity index (χ2v) is 4.19. The monoisotopic (exact) mass is 251 g/mol. The van der Waals surface area contributed by atoms with Gasteiger partial charge in [-0.3, -0.25) is 0 Å². The zero-order chi connectivity index (χ0) is 12.5. The maximum atomic E-state index is 13.2. The number of nitrogens with two attached hydrogens (primary N) is 1. The topological polar surface area (TPSA) is 96.8 Å². The van der Waals surface area contributed by atoms with Crippen LogP contribution in [-0.4, -0.2) is 13.4 Å². The lowest BCUT2D eigenvalue weighted by atomic mass is 10.3. The zero-order valence-corrected chi connectivity index (χ0v) is 8.30. The summed E-state index contributed by atoms with van der Waals surface area (Å²) in [6, 6.07) is 1.83. The van der Waals surface area contributed by atoms with Crippen molar-refractivity contribution in [3.8, 4) is 6.07 Å². The summed E-state index contributed by atoms with van der Waals surface area (Å²) in [6.07, 6.45) is -3.34. The fourth-order valence-corrected chi connectivity index (χ4v) is 1.56. The standard InChI is InChI=1S/C7H4F3N3O2S/c8-5-4(16(12,14)15)1-3(2-11)13-6(5)7(9)10/h1,7H,(H2,12,14,15). The van der Waals surface area contributed by atoms with E-state index in [-0.39, 0.29) is 0 Å². The highest BCUT2D eigenvalue weighted by Crippen LogP contribution is 2.24. The highest BCUT2D eigenvalue weighted by atomic mass is 32.2. The van der Waals surface area contributed by atoms with Gasteiger partial charge in [0.15, 0.2) is 5.82 Å². The summed E-state index contributed by atoms with van der Waals surface area (Å²) in [7, 11) is -4.52. The summed E-state index contributed by atoms with van der Waals surface area (Å²) in [6.45, 7) is 0. The smallest absolute Gasteiger partial charge is 0.233 e. The van der Waals surface area contributed by atoms with Crippen molar-refractivity contribution in [1.29, 1.82) is 5.26 Å². The Balaban J connectivity index is 3.65. The average Bonchev–Trinajstić information content (AvgIpc) is 2.15. The molecule has 1 heterocycles. The number of pyridine rings is 1. The minimum absolute atomic E-state index is 0.497. The normalized spacial score (nSPS) is 11.5. The van der Waals surface area contributed by atoms with E-state index < -0.39 is 38.5 Å². The Morgan fingerprint density at radius 3 is 2.44 bits per heavy atom. The molecule has 1 aromatic heterocycles. The molecule has 0 bridgehead atoms. The molecule has 2 N–H and O–H groups in total. The molecule has 1 aromatic rings. The van der Waals surface area contributed by atoms with Gasteiger partial charge in [-0.15, -0.1) is 0 Å². The van der Waals surface area contributed by atoms with Crippen molar-refractivity contribution in [2.75, 3.05) is 0 Å². The molecule has 0 saturated carbocycles. The van der Waals surface area contributed by atoms with E-state index in [1.54, 1.807) is 0 Å². The number of rotatable bonds is 2. The van der Waals surface area contributed by atoms with Crippen molar-refractivity contribution in [1.82, 2.24) is 4.98 Å². The van der Waals surface area contributed by atoms with Crippen LogP contribution >= 0.6 is 0 Å². The minimum atomic E-state index is -4.52. The van der Waals surface area contributed by atoms with Gasteiger partial charge in [0.2, 0.25) is 10.0 Å². The van der Waals surface area contributed by atoms with Crippen LogP contribution in [0.2, 0.25) is 0 Å². The van der Waals surface area contributed by atoms with Crippen molar-refractivity contribution in [2.24, 2.45) is 5.14 Å². The van der Waals surface area contributed by atoms with E-state index in [9.17, 15) is 21.6 Å². The largest absolute Gasteiger partial charge is 0.283 e. The predicted octanol–water partition coefficient (Wildman–Crippen LogP) is 0.677. The van der Waals surface area contributed by atoms with Crippen LogP contribution in [0.25, 0.3) is 0 Å². The van der Waals surface area contributed by atoms with Crippen molar-refractivity contribution >= 4 is 10.0 Å². The van der Waals surface area contributed by atoms with Crippen LogP contribution in [0.1, 0.15) is 17.8 Å². The second-order valence-electron chi connectivity index (χ2n) is 2.66. The summed E-state index contributed by atoms with van der Waals surface area (Å²) in [5, 5.41) is 13.0. The van der Waals surface area contributed by atoms with Crippen LogP contribution in [-0.2, 0) is 10.0 Å². The number of primary sulfonamides is 1. The zero-order valence-electron chi connectivity index (χ0n) is 7.49. The van der Waals surface area contributed by atoms with Gasteiger partial charge < -0.3 is 0 Å². The summed E-state index contributed by atoms with van der Waals surface area (Å²) in [5.74, 6) is -1.74. The quantitative estimate of drug-likeness (QED) is 0.835. The van der Waals surface area contributed by atoms with Gasteiger partial charge in [0, 0.05) is 0 Å². The van der Waals surface area contributed by atoms with Crippen molar-refractivity contribution in [2.45, 2.75) is 11.3 Å². The molecule has 0 aliphatic heterocycles. The first kappa shape index (κ1) is 12.4. The van der Waals surface area contributed by atoms with Gasteiger partial charge in [-0.25, -0.2) is 31.7 Å². The molecule has 5 nitrogen and oxygen atoms in total. The molecule has 0 aliphatic carbocycles. The summed E-state index contributed by atoms with van der Waals surface area (Å²) in [4.78, 5) is 1.79. The number of halogens is 3. The molecule has 9 heteroatoms. The Hall–Kier alpha value is -1.66. The Labute approximate surface area is 88.4 Å². The molecule has 0 spiro atoms. The van der Waals surface area contributed by atoms with Crippen LogP contribution in [0.3, 0.4) is 0 Å². The number of nitrogens with zero attached hydrogens (tertiary/aromatic N) is 2. The molecule has 1 rings (SSSR count). The van der Waals surface area contributed by atoms with E-state index in [1.165, 1.54) is 6.07 Å². The Morgan fingerprint density at radius 2 is 2.06 bits per heavy atom. The van der Waals surface area contributed by atoms with Crippen LogP contribution < -0.4 is 5.14 Å². The molecule has 86 valence electrons. The van der Waals surface area contributed by atoms with E-state index in [4.69, 9.17) is 5.26 Å². The fraction of sp³-hybridized carbons (Fsp3) is 0.143. The van der Waals surface area contributed by atoms with Crippen molar-refractivity contribution < 1.29 is 21.6 Å². The lowest BCUT2D eigenvalue weighted by molar-refractivity contribution is 0.139. The Bertz CT molecular complexity index is 565. The third kappa shape index (κ3) is 2.29. The molecule has 0 saturated heterocycles. The van der Waals surface area contributed by atoms with Crippen LogP contribution in [0.4, 0.5) is 13.2 Å². The lowest BCUT2D eigenvalue weighted by Gasteiger charge is -2.05. The molecule has 16 heavy (non-hydrogen) atoms. The van der Waals surface area contributed by atoms with Gasteiger partial charge in [-0.1, -0.05) is 0 Å². The third-order valence-electron chi connectivity index (χ3n) is 1.58. The fourth-order valence-electron chi connectivity index (χ4n) is 0.934. The first-order chi connectivity index (χ1) is 7.27. The molecular formula is C7H4F3N3O2S. The SMILES string of the molecule is N#Cc1cc(S(N)(=O)=O)c(F)c(C(F)F)n1. The maximum absolute atomic E-state index is 13.2. The molecule has 0 radical (unpaired) electrons. The van der Waals surface area contributed by atoms with Gasteiger partial charge in [0.1, 0.15) is 22.4 Å². The Kier molecular flexibility index (Phi) is 3.16. The van der Waals surface area contributed by atoms with Gasteiger partial charge in [-0.2, -0.15) is 5.26 Å². The average molecular weight is 251 g/mol. The molecule has 0 atom stereocenters. The maximum Gasteiger partial charge on any atom is 0.283 e. The van der Waals surface area contributed by atoms with Gasteiger partial charge in [-0.05, 0) is 6.07 Å². The number of alkyl halides is 2. The van der Waals surface area contributed by atoms with E-state index in [1.807, 2.05) is 0 Å². The molecule has 0 aliphatic rings. The van der Waals surface area contributed by atoms with Crippen molar-refractivity contribution in [3.05, 3.63) is 23.3 Å². The second kappa shape index (κ2) is 4.07. The highest BCUT2D eigenvalue weighted by Gasteiger charge is 2.25. The number of aromatic nitrogens is 1. The van der Waals surface area contributed by atoms with Crippen LogP contribution in [0, 0.1) is 17.1 Å². The van der Waals surface area contributed by atoms with Crippen molar-refractivity contribution in [3.63, 3.8) is 0 Å². The number of nitriles is 1. The van der Waals surface area contributed by atoms with E-state index in [0.29, 0.717) is 6.07 Å². The lowest BCUT2D eigenvalue weighted by Crippen LogP contribution is -2.16.